The normalized spacial score (nSPS) is 16.0. The number of urea groups is 1. The number of ether oxygens (including phenoxy) is 1. The summed E-state index contributed by atoms with van der Waals surface area (Å²) in [6.45, 7) is 15.3. The van der Waals surface area contributed by atoms with Gasteiger partial charge in [0.2, 0.25) is 5.91 Å². The molecule has 1 aliphatic heterocycles. The summed E-state index contributed by atoms with van der Waals surface area (Å²) < 4.78 is 5.88. The Labute approximate surface area is 219 Å². The van der Waals surface area contributed by atoms with Crippen LogP contribution in [0.1, 0.15) is 111 Å². The minimum Gasteiger partial charge on any atom is -0.481 e. The highest BCUT2D eigenvalue weighted by Crippen LogP contribution is 2.38. The van der Waals surface area contributed by atoms with Crippen molar-refractivity contribution >= 4 is 17.9 Å². The van der Waals surface area contributed by atoms with E-state index in [0.29, 0.717) is 19.5 Å². The van der Waals surface area contributed by atoms with Gasteiger partial charge in [0, 0.05) is 32.7 Å². The van der Waals surface area contributed by atoms with Gasteiger partial charge in [0.15, 0.2) is 0 Å². The molecule has 1 saturated heterocycles. The minimum atomic E-state index is -0.742. The minimum absolute atomic E-state index is 0.0669. The largest absolute Gasteiger partial charge is 0.481 e. The molecule has 3 amide bonds. The van der Waals surface area contributed by atoms with Crippen molar-refractivity contribution < 1.29 is 24.2 Å². The molecule has 1 heterocycles. The Morgan fingerprint density at radius 2 is 1.56 bits per heavy atom. The van der Waals surface area contributed by atoms with Gasteiger partial charge < -0.3 is 14.7 Å². The fraction of sp³-hybridized carbons (Fsp3) is 0.828. The zero-order chi connectivity index (χ0) is 27.0. The summed E-state index contributed by atoms with van der Waals surface area (Å²) in [4.78, 5) is 38.4. The van der Waals surface area contributed by atoms with Crippen LogP contribution in [0, 0.1) is 10.8 Å². The number of aliphatic carboxylic acids is 1. The van der Waals surface area contributed by atoms with E-state index in [1.54, 1.807) is 4.90 Å². The first-order chi connectivity index (χ1) is 17.2. The second-order valence-corrected chi connectivity index (χ2v) is 10.5. The van der Waals surface area contributed by atoms with Gasteiger partial charge >= 0.3 is 12.0 Å². The van der Waals surface area contributed by atoms with Crippen molar-refractivity contribution in [3.63, 3.8) is 0 Å². The number of hydrogen-bond donors (Lipinski definition) is 1. The van der Waals surface area contributed by atoms with Crippen LogP contribution in [0.2, 0.25) is 0 Å². The maximum absolute atomic E-state index is 12.3. The molecule has 0 radical (unpaired) electrons. The van der Waals surface area contributed by atoms with Crippen molar-refractivity contribution in [1.82, 2.24) is 9.80 Å². The van der Waals surface area contributed by atoms with E-state index in [2.05, 4.69) is 27.4 Å². The third-order valence-electron chi connectivity index (χ3n) is 8.53. The fourth-order valence-electron chi connectivity index (χ4n) is 5.43. The van der Waals surface area contributed by atoms with E-state index >= 15 is 0 Å². The van der Waals surface area contributed by atoms with Crippen LogP contribution in [-0.4, -0.2) is 65.7 Å². The van der Waals surface area contributed by atoms with E-state index < -0.39 is 5.97 Å². The molecule has 0 aromatic carbocycles. The van der Waals surface area contributed by atoms with Crippen LogP contribution in [0.15, 0.2) is 12.7 Å². The van der Waals surface area contributed by atoms with E-state index in [9.17, 15) is 14.4 Å². The molecule has 7 heteroatoms. The monoisotopic (exact) mass is 508 g/mol. The molecule has 1 rings (SSSR count). The molecule has 0 saturated carbocycles. The molecule has 0 aromatic heterocycles. The second kappa shape index (κ2) is 16.8. The maximum Gasteiger partial charge on any atom is 0.327 e. The first-order valence-electron chi connectivity index (χ1n) is 14.2. The van der Waals surface area contributed by atoms with Crippen molar-refractivity contribution in [2.24, 2.45) is 10.8 Å². The summed E-state index contributed by atoms with van der Waals surface area (Å²) in [5, 5.41) is 9.00. The van der Waals surface area contributed by atoms with Crippen LogP contribution < -0.4 is 0 Å². The van der Waals surface area contributed by atoms with Crippen molar-refractivity contribution in [3.8, 4) is 0 Å². The number of allylic oxidation sites excluding steroid dienone is 1. The smallest absolute Gasteiger partial charge is 0.327 e. The van der Waals surface area contributed by atoms with Crippen molar-refractivity contribution in [3.05, 3.63) is 12.7 Å². The van der Waals surface area contributed by atoms with Gasteiger partial charge in [-0.05, 0) is 69.1 Å². The molecule has 0 aromatic rings. The lowest BCUT2D eigenvalue weighted by Crippen LogP contribution is -2.34. The molecule has 1 fully saturated rings. The Morgan fingerprint density at radius 3 is 2.06 bits per heavy atom. The number of amides is 3. The van der Waals surface area contributed by atoms with Crippen molar-refractivity contribution in [2.45, 2.75) is 111 Å². The summed E-state index contributed by atoms with van der Waals surface area (Å²) >= 11 is 0. The van der Waals surface area contributed by atoms with Crippen LogP contribution in [0.3, 0.4) is 0 Å². The Kier molecular flexibility index (Phi) is 15.0. The van der Waals surface area contributed by atoms with Gasteiger partial charge in [0.05, 0.1) is 0 Å². The Morgan fingerprint density at radius 1 is 0.944 bits per heavy atom. The van der Waals surface area contributed by atoms with Crippen LogP contribution in [0.25, 0.3) is 0 Å². The summed E-state index contributed by atoms with van der Waals surface area (Å²) in [5.74, 6) is -0.809. The van der Waals surface area contributed by atoms with E-state index in [1.807, 2.05) is 13.0 Å². The third-order valence-corrected chi connectivity index (χ3v) is 8.53. The topological polar surface area (TPSA) is 87.2 Å². The van der Waals surface area contributed by atoms with E-state index in [0.717, 1.165) is 83.8 Å². The number of carbonyl (C=O) groups is 3. The van der Waals surface area contributed by atoms with Gasteiger partial charge in [-0.25, -0.2) is 4.79 Å². The second-order valence-electron chi connectivity index (χ2n) is 10.5. The Balaban J connectivity index is 2.26. The van der Waals surface area contributed by atoms with Gasteiger partial charge in [-0.15, -0.1) is 6.58 Å². The van der Waals surface area contributed by atoms with Crippen LogP contribution in [0.4, 0.5) is 4.79 Å². The molecule has 7 nitrogen and oxygen atoms in total. The van der Waals surface area contributed by atoms with Gasteiger partial charge in [0.25, 0.3) is 0 Å². The van der Waals surface area contributed by atoms with Crippen LogP contribution in [-0.2, 0) is 14.3 Å². The number of carboxylic acids is 1. The van der Waals surface area contributed by atoms with Gasteiger partial charge in [-0.3, -0.25) is 14.5 Å². The summed E-state index contributed by atoms with van der Waals surface area (Å²) in [5.41, 5.74) is 0.188. The van der Waals surface area contributed by atoms with Gasteiger partial charge in [-0.1, -0.05) is 52.5 Å². The molecule has 36 heavy (non-hydrogen) atoms. The summed E-state index contributed by atoms with van der Waals surface area (Å²) in [6, 6.07) is -0.136. The van der Waals surface area contributed by atoms with E-state index in [1.165, 1.54) is 4.90 Å². The van der Waals surface area contributed by atoms with Crippen LogP contribution in [0.5, 0.6) is 0 Å². The summed E-state index contributed by atoms with van der Waals surface area (Å²) in [7, 11) is 0. The molecule has 208 valence electrons. The molecule has 1 aliphatic rings. The average molecular weight is 509 g/mol. The predicted molar refractivity (Wildman–Crippen MR) is 145 cm³/mol. The number of unbranched alkanes of at least 4 members (excludes halogenated alkanes) is 2. The first kappa shape index (κ1) is 32.1. The number of likely N-dealkylation sites (N-methyl/N-ethyl adjacent to an activating group) is 1. The molecular formula is C29H52N2O5. The molecule has 0 aliphatic carbocycles. The lowest BCUT2D eigenvalue weighted by atomic mass is 9.74. The molecule has 1 atom stereocenters. The van der Waals surface area contributed by atoms with Crippen molar-refractivity contribution in [2.75, 3.05) is 32.8 Å². The third kappa shape index (κ3) is 10.2. The quantitative estimate of drug-likeness (QED) is 0.100. The number of carboxylic acid groups (broad SMARTS) is 1. The Hall–Kier alpha value is -1.89. The molecule has 1 unspecified atom stereocenters. The zero-order valence-corrected chi connectivity index (χ0v) is 23.5. The summed E-state index contributed by atoms with van der Waals surface area (Å²) in [6.07, 6.45) is 14.1. The highest BCUT2D eigenvalue weighted by Gasteiger charge is 2.35. The van der Waals surface area contributed by atoms with Gasteiger partial charge in [0.1, 0.15) is 6.54 Å². The number of imide groups is 1. The standard InChI is InChI=1S/C29H52N2O5/c1-6-28(7-2,19-15-21-31-25(32)24-30(10-5)27(31)35)17-11-13-22-36-23-14-12-18-29(8-3,9-4)20-16-26(33)34/h8H,3,6-7,9-24H2,1-2,4-5H3,(H,33,34). The van der Waals surface area contributed by atoms with Gasteiger partial charge in [-0.2, -0.15) is 0 Å². The van der Waals surface area contributed by atoms with E-state index in [4.69, 9.17) is 9.84 Å². The lowest BCUT2D eigenvalue weighted by molar-refractivity contribution is -0.137. The zero-order valence-electron chi connectivity index (χ0n) is 23.5. The molecule has 0 spiro atoms. The Bertz CT molecular complexity index is 691. The SMILES string of the molecule is C=CC(CC)(CCCCOCCCCC(CC)(CC)CCCN1C(=O)CN(CC)C1=O)CCC(=O)O. The van der Waals surface area contributed by atoms with Crippen LogP contribution >= 0.6 is 0 Å². The average Bonchev–Trinajstić information content (AvgIpc) is 3.16. The number of hydrogen-bond acceptors (Lipinski definition) is 4. The lowest BCUT2D eigenvalue weighted by Gasteiger charge is -2.32. The van der Waals surface area contributed by atoms with Crippen molar-refractivity contribution in [1.29, 1.82) is 0 Å². The molecule has 1 N–H and O–H groups in total. The fourth-order valence-corrected chi connectivity index (χ4v) is 5.43. The maximum atomic E-state index is 12.3. The highest BCUT2D eigenvalue weighted by molar-refractivity contribution is 6.01. The first-order valence-corrected chi connectivity index (χ1v) is 14.2. The number of rotatable bonds is 22. The number of carbonyl (C=O) groups excluding carboxylic acids is 2. The molecule has 0 bridgehead atoms. The predicted octanol–water partition coefficient (Wildman–Crippen LogP) is 6.66. The molecular weight excluding hydrogens is 456 g/mol. The van der Waals surface area contributed by atoms with E-state index in [-0.39, 0.29) is 35.7 Å². The highest BCUT2D eigenvalue weighted by atomic mass is 16.5. The number of nitrogens with zero attached hydrogens (tertiary/aromatic N) is 2.